The van der Waals surface area contributed by atoms with E-state index in [0.717, 1.165) is 18.5 Å². The molecule has 1 aromatic rings. The van der Waals surface area contributed by atoms with Crippen molar-refractivity contribution in [3.63, 3.8) is 0 Å². The highest BCUT2D eigenvalue weighted by molar-refractivity contribution is 5.88. The topological polar surface area (TPSA) is 66.0 Å². The van der Waals surface area contributed by atoms with E-state index in [0.29, 0.717) is 17.9 Å². The molecule has 2 saturated carbocycles. The van der Waals surface area contributed by atoms with Crippen molar-refractivity contribution in [2.75, 3.05) is 10.6 Å². The number of anilines is 2. The molecule has 2 fully saturated rings. The summed E-state index contributed by atoms with van der Waals surface area (Å²) < 4.78 is 0. The summed E-state index contributed by atoms with van der Waals surface area (Å²) in [5, 5.41) is 9.35. The maximum absolute atomic E-state index is 12.0. The lowest BCUT2D eigenvalue weighted by Crippen LogP contribution is -2.39. The maximum atomic E-state index is 12.0. The van der Waals surface area contributed by atoms with Crippen LogP contribution in [0.2, 0.25) is 0 Å². The van der Waals surface area contributed by atoms with Gasteiger partial charge in [0.15, 0.2) is 0 Å². The number of nitrogens with one attached hydrogen (secondary N) is 3. The van der Waals surface area contributed by atoms with E-state index >= 15 is 0 Å². The number of amides is 2. The van der Waals surface area contributed by atoms with E-state index in [2.05, 4.69) is 20.9 Å². The summed E-state index contributed by atoms with van der Waals surface area (Å²) in [6, 6.07) is 4.60. The number of aromatic nitrogens is 1. The second-order valence-corrected chi connectivity index (χ2v) is 6.49. The standard InChI is InChI=1S/C17H26N4O/c22-17(20-14-6-2-1-3-7-14)21-16-11-10-15(12-18-16)19-13-8-4-5-9-13/h10-14,19H,1-9H2,(H2,18,20,21,22). The van der Waals surface area contributed by atoms with Crippen molar-refractivity contribution in [3.05, 3.63) is 18.3 Å². The SMILES string of the molecule is O=C(Nc1ccc(NC2CCCC2)cn1)NC1CCCCC1. The summed E-state index contributed by atoms with van der Waals surface area (Å²) in [5.41, 5.74) is 1.03. The van der Waals surface area contributed by atoms with Crippen LogP contribution in [0.1, 0.15) is 57.8 Å². The highest BCUT2D eigenvalue weighted by Crippen LogP contribution is 2.22. The van der Waals surface area contributed by atoms with E-state index in [4.69, 9.17) is 0 Å². The largest absolute Gasteiger partial charge is 0.381 e. The summed E-state index contributed by atoms with van der Waals surface area (Å²) >= 11 is 0. The van der Waals surface area contributed by atoms with E-state index in [1.165, 1.54) is 44.9 Å². The molecule has 0 atom stereocenters. The van der Waals surface area contributed by atoms with Crippen molar-refractivity contribution < 1.29 is 4.79 Å². The third-order valence-corrected chi connectivity index (χ3v) is 4.67. The van der Waals surface area contributed by atoms with Crippen molar-refractivity contribution in [1.29, 1.82) is 0 Å². The number of carbonyl (C=O) groups is 1. The van der Waals surface area contributed by atoms with Gasteiger partial charge in [-0.2, -0.15) is 0 Å². The molecule has 22 heavy (non-hydrogen) atoms. The summed E-state index contributed by atoms with van der Waals surface area (Å²) in [6.45, 7) is 0. The first-order valence-corrected chi connectivity index (χ1v) is 8.60. The van der Waals surface area contributed by atoms with Crippen LogP contribution in [-0.4, -0.2) is 23.1 Å². The van der Waals surface area contributed by atoms with E-state index in [1.54, 1.807) is 6.20 Å². The Labute approximate surface area is 132 Å². The summed E-state index contributed by atoms with van der Waals surface area (Å²) in [6.07, 6.45) is 12.8. The molecular formula is C17H26N4O. The van der Waals surface area contributed by atoms with Gasteiger partial charge in [-0.25, -0.2) is 9.78 Å². The molecule has 0 aromatic carbocycles. The van der Waals surface area contributed by atoms with Gasteiger partial charge in [-0.05, 0) is 37.8 Å². The van der Waals surface area contributed by atoms with E-state index < -0.39 is 0 Å². The van der Waals surface area contributed by atoms with Gasteiger partial charge in [0, 0.05) is 12.1 Å². The van der Waals surface area contributed by atoms with Crippen molar-refractivity contribution in [3.8, 4) is 0 Å². The van der Waals surface area contributed by atoms with E-state index in [9.17, 15) is 4.79 Å². The van der Waals surface area contributed by atoms with Gasteiger partial charge < -0.3 is 10.6 Å². The molecule has 2 aliphatic carbocycles. The Bertz CT molecular complexity index is 476. The quantitative estimate of drug-likeness (QED) is 0.790. The van der Waals surface area contributed by atoms with Crippen LogP contribution in [0.3, 0.4) is 0 Å². The van der Waals surface area contributed by atoms with Crippen molar-refractivity contribution in [2.24, 2.45) is 0 Å². The molecule has 3 N–H and O–H groups in total. The predicted molar refractivity (Wildman–Crippen MR) is 89.1 cm³/mol. The molecule has 120 valence electrons. The second kappa shape index (κ2) is 7.47. The van der Waals surface area contributed by atoms with Gasteiger partial charge in [0.1, 0.15) is 5.82 Å². The monoisotopic (exact) mass is 302 g/mol. The average Bonchev–Trinajstić information content (AvgIpc) is 3.03. The first-order valence-electron chi connectivity index (χ1n) is 8.60. The zero-order valence-corrected chi connectivity index (χ0v) is 13.1. The van der Waals surface area contributed by atoms with Gasteiger partial charge in [0.25, 0.3) is 0 Å². The van der Waals surface area contributed by atoms with Crippen LogP contribution in [-0.2, 0) is 0 Å². The number of urea groups is 1. The molecule has 5 heteroatoms. The maximum Gasteiger partial charge on any atom is 0.320 e. The Morgan fingerprint density at radius 1 is 0.955 bits per heavy atom. The third-order valence-electron chi connectivity index (χ3n) is 4.67. The number of hydrogen-bond donors (Lipinski definition) is 3. The van der Waals surface area contributed by atoms with Gasteiger partial charge in [0.05, 0.1) is 11.9 Å². The van der Waals surface area contributed by atoms with Crippen LogP contribution < -0.4 is 16.0 Å². The highest BCUT2D eigenvalue weighted by atomic mass is 16.2. The van der Waals surface area contributed by atoms with Crippen LogP contribution in [0.4, 0.5) is 16.3 Å². The Kier molecular flexibility index (Phi) is 5.14. The first kappa shape index (κ1) is 15.1. The third kappa shape index (κ3) is 4.36. The molecule has 0 spiro atoms. The lowest BCUT2D eigenvalue weighted by atomic mass is 9.96. The van der Waals surface area contributed by atoms with Gasteiger partial charge in [0.2, 0.25) is 0 Å². The number of nitrogens with zero attached hydrogens (tertiary/aromatic N) is 1. The van der Waals surface area contributed by atoms with E-state index in [1.807, 2.05) is 12.1 Å². The molecule has 0 unspecified atom stereocenters. The molecule has 0 bridgehead atoms. The smallest absolute Gasteiger partial charge is 0.320 e. The number of hydrogen-bond acceptors (Lipinski definition) is 3. The molecule has 1 aromatic heterocycles. The normalized spacial score (nSPS) is 19.8. The number of rotatable bonds is 4. The Morgan fingerprint density at radius 2 is 1.64 bits per heavy atom. The zero-order chi connectivity index (χ0) is 15.2. The molecule has 0 radical (unpaired) electrons. The van der Waals surface area contributed by atoms with Crippen LogP contribution in [0.25, 0.3) is 0 Å². The molecule has 2 amide bonds. The molecule has 1 heterocycles. The first-order chi connectivity index (χ1) is 10.8. The van der Waals surface area contributed by atoms with Crippen LogP contribution in [0.5, 0.6) is 0 Å². The minimum Gasteiger partial charge on any atom is -0.381 e. The fraction of sp³-hybridized carbons (Fsp3) is 0.647. The predicted octanol–water partition coefficient (Wildman–Crippen LogP) is 3.89. The molecule has 0 aliphatic heterocycles. The Morgan fingerprint density at radius 3 is 2.32 bits per heavy atom. The number of pyridine rings is 1. The molecule has 2 aliphatic rings. The van der Waals surface area contributed by atoms with Gasteiger partial charge >= 0.3 is 6.03 Å². The lowest BCUT2D eigenvalue weighted by Gasteiger charge is -2.22. The highest BCUT2D eigenvalue weighted by Gasteiger charge is 2.16. The molecule has 3 rings (SSSR count). The fourth-order valence-electron chi connectivity index (χ4n) is 3.44. The lowest BCUT2D eigenvalue weighted by molar-refractivity contribution is 0.244. The fourth-order valence-corrected chi connectivity index (χ4v) is 3.44. The summed E-state index contributed by atoms with van der Waals surface area (Å²) in [5.74, 6) is 0.602. The van der Waals surface area contributed by atoms with Crippen LogP contribution in [0.15, 0.2) is 18.3 Å². The zero-order valence-electron chi connectivity index (χ0n) is 13.1. The van der Waals surface area contributed by atoms with Crippen molar-refractivity contribution in [1.82, 2.24) is 10.3 Å². The second-order valence-electron chi connectivity index (χ2n) is 6.49. The van der Waals surface area contributed by atoms with Gasteiger partial charge in [-0.15, -0.1) is 0 Å². The molecule has 0 saturated heterocycles. The van der Waals surface area contributed by atoms with E-state index in [-0.39, 0.29) is 6.03 Å². The molecule has 5 nitrogen and oxygen atoms in total. The average molecular weight is 302 g/mol. The van der Waals surface area contributed by atoms with Crippen molar-refractivity contribution >= 4 is 17.5 Å². The van der Waals surface area contributed by atoms with Crippen LogP contribution in [0, 0.1) is 0 Å². The van der Waals surface area contributed by atoms with Crippen LogP contribution >= 0.6 is 0 Å². The Hall–Kier alpha value is -1.78. The Balaban J connectivity index is 1.46. The number of carbonyl (C=O) groups excluding carboxylic acids is 1. The molecular weight excluding hydrogens is 276 g/mol. The van der Waals surface area contributed by atoms with Crippen molar-refractivity contribution in [2.45, 2.75) is 69.9 Å². The van der Waals surface area contributed by atoms with Gasteiger partial charge in [-0.3, -0.25) is 5.32 Å². The van der Waals surface area contributed by atoms with Gasteiger partial charge in [-0.1, -0.05) is 32.1 Å². The minimum atomic E-state index is -0.143. The summed E-state index contributed by atoms with van der Waals surface area (Å²) in [4.78, 5) is 16.3. The minimum absolute atomic E-state index is 0.143. The summed E-state index contributed by atoms with van der Waals surface area (Å²) in [7, 11) is 0.